The summed E-state index contributed by atoms with van der Waals surface area (Å²) >= 11 is 13.6. The van der Waals surface area contributed by atoms with Crippen LogP contribution in [0.3, 0.4) is 0 Å². The van der Waals surface area contributed by atoms with Crippen LogP contribution in [0.5, 0.6) is 0 Å². The van der Waals surface area contributed by atoms with Crippen molar-refractivity contribution in [1.82, 2.24) is 20.1 Å². The molecule has 2 aromatic heterocycles. The van der Waals surface area contributed by atoms with Crippen molar-refractivity contribution in [1.29, 1.82) is 0 Å². The van der Waals surface area contributed by atoms with Crippen molar-refractivity contribution in [2.24, 2.45) is 0 Å². The lowest BCUT2D eigenvalue weighted by Gasteiger charge is -2.30. The summed E-state index contributed by atoms with van der Waals surface area (Å²) in [6.07, 6.45) is 2.01. The van der Waals surface area contributed by atoms with Crippen LogP contribution in [0.25, 0.3) is 10.8 Å². The van der Waals surface area contributed by atoms with Crippen LogP contribution in [0.4, 0.5) is 0 Å². The molecule has 0 radical (unpaired) electrons. The summed E-state index contributed by atoms with van der Waals surface area (Å²) in [6, 6.07) is 5.83. The fourth-order valence-electron chi connectivity index (χ4n) is 3.23. The van der Waals surface area contributed by atoms with Crippen molar-refractivity contribution < 1.29 is 4.42 Å². The van der Waals surface area contributed by atoms with Crippen LogP contribution in [0.15, 0.2) is 28.1 Å². The lowest BCUT2D eigenvalue weighted by molar-refractivity contribution is 0.193. The van der Waals surface area contributed by atoms with Gasteiger partial charge in [-0.2, -0.15) is 0 Å². The standard InChI is InChI=1S/C18H18Cl2N4OS/c1-11-16(26-10-21-11)18-23-22-17(25-18)13-4-6-24(7-5-13)9-12-2-3-14(19)15(20)8-12/h2-3,8,10,13H,4-7,9H2,1H3. The summed E-state index contributed by atoms with van der Waals surface area (Å²) in [7, 11) is 0. The van der Waals surface area contributed by atoms with Gasteiger partial charge < -0.3 is 4.42 Å². The van der Waals surface area contributed by atoms with E-state index in [-0.39, 0.29) is 0 Å². The molecule has 5 nitrogen and oxygen atoms in total. The van der Waals surface area contributed by atoms with E-state index in [0.29, 0.717) is 21.9 Å². The Kier molecular flexibility index (Phi) is 5.27. The fraction of sp³-hybridized carbons (Fsp3) is 0.389. The molecular formula is C18H18Cl2N4OS. The molecule has 0 amide bonds. The third-order valence-electron chi connectivity index (χ3n) is 4.71. The van der Waals surface area contributed by atoms with Crippen molar-refractivity contribution in [3.8, 4) is 10.8 Å². The summed E-state index contributed by atoms with van der Waals surface area (Å²) in [5.41, 5.74) is 3.91. The van der Waals surface area contributed by atoms with Crippen LogP contribution in [0, 0.1) is 6.92 Å². The van der Waals surface area contributed by atoms with Gasteiger partial charge in [0.2, 0.25) is 5.89 Å². The van der Waals surface area contributed by atoms with Crippen LogP contribution >= 0.6 is 34.5 Å². The van der Waals surface area contributed by atoms with E-state index in [1.807, 2.05) is 25.1 Å². The number of aryl methyl sites for hydroxylation is 1. The highest BCUT2D eigenvalue weighted by atomic mass is 35.5. The van der Waals surface area contributed by atoms with Gasteiger partial charge >= 0.3 is 0 Å². The van der Waals surface area contributed by atoms with Gasteiger partial charge in [-0.1, -0.05) is 29.3 Å². The minimum atomic E-state index is 0.314. The molecule has 0 saturated carbocycles. The Labute approximate surface area is 166 Å². The number of halogens is 2. The van der Waals surface area contributed by atoms with E-state index in [1.54, 1.807) is 5.51 Å². The van der Waals surface area contributed by atoms with Gasteiger partial charge in [0.1, 0.15) is 4.88 Å². The third-order valence-corrected chi connectivity index (χ3v) is 6.36. The van der Waals surface area contributed by atoms with Gasteiger partial charge in [-0.3, -0.25) is 4.90 Å². The van der Waals surface area contributed by atoms with Gasteiger partial charge in [0.05, 0.1) is 21.2 Å². The first-order valence-corrected chi connectivity index (χ1v) is 10.1. The fourth-order valence-corrected chi connectivity index (χ4v) is 4.28. The first-order valence-electron chi connectivity index (χ1n) is 8.50. The molecule has 3 heterocycles. The Morgan fingerprint density at radius 1 is 1.19 bits per heavy atom. The largest absolute Gasteiger partial charge is 0.420 e. The Hall–Kier alpha value is -1.47. The van der Waals surface area contributed by atoms with E-state index in [9.17, 15) is 0 Å². The van der Waals surface area contributed by atoms with Crippen molar-refractivity contribution in [2.75, 3.05) is 13.1 Å². The average molecular weight is 409 g/mol. The lowest BCUT2D eigenvalue weighted by atomic mass is 9.96. The molecule has 1 aromatic carbocycles. The molecule has 0 N–H and O–H groups in total. The summed E-state index contributed by atoms with van der Waals surface area (Å²) in [4.78, 5) is 7.62. The SMILES string of the molecule is Cc1ncsc1-c1nnc(C2CCN(Cc3ccc(Cl)c(Cl)c3)CC2)o1. The summed E-state index contributed by atoms with van der Waals surface area (Å²) < 4.78 is 5.93. The molecule has 1 aliphatic rings. The molecule has 3 aromatic rings. The maximum absolute atomic E-state index is 6.11. The smallest absolute Gasteiger partial charge is 0.259 e. The highest BCUT2D eigenvalue weighted by Gasteiger charge is 2.26. The zero-order valence-electron chi connectivity index (χ0n) is 14.3. The first-order chi connectivity index (χ1) is 12.6. The van der Waals surface area contributed by atoms with Gasteiger partial charge in [-0.05, 0) is 50.6 Å². The predicted molar refractivity (Wildman–Crippen MR) is 104 cm³/mol. The zero-order valence-corrected chi connectivity index (χ0v) is 16.6. The number of benzene rings is 1. The third kappa shape index (κ3) is 3.78. The van der Waals surface area contributed by atoms with Gasteiger partial charge in [-0.25, -0.2) is 4.98 Å². The second-order valence-corrected chi connectivity index (χ2v) is 8.18. The number of hydrogen-bond donors (Lipinski definition) is 0. The van der Waals surface area contributed by atoms with Crippen LogP contribution in [0.2, 0.25) is 10.0 Å². The van der Waals surface area contributed by atoms with Gasteiger partial charge in [0.25, 0.3) is 5.89 Å². The number of nitrogens with zero attached hydrogens (tertiary/aromatic N) is 4. The average Bonchev–Trinajstić information content (AvgIpc) is 3.28. The molecule has 136 valence electrons. The molecule has 1 saturated heterocycles. The van der Waals surface area contributed by atoms with Crippen LogP contribution in [-0.2, 0) is 6.54 Å². The van der Waals surface area contributed by atoms with Crippen LogP contribution in [-0.4, -0.2) is 33.2 Å². The maximum atomic E-state index is 6.11. The molecule has 0 bridgehead atoms. The summed E-state index contributed by atoms with van der Waals surface area (Å²) in [5, 5.41) is 9.69. The number of piperidine rings is 1. The number of aromatic nitrogens is 3. The molecule has 26 heavy (non-hydrogen) atoms. The molecule has 4 rings (SSSR count). The molecule has 0 aliphatic carbocycles. The van der Waals surface area contributed by atoms with Crippen molar-refractivity contribution in [2.45, 2.75) is 32.2 Å². The number of hydrogen-bond acceptors (Lipinski definition) is 6. The van der Waals surface area contributed by atoms with E-state index in [2.05, 4.69) is 20.1 Å². The predicted octanol–water partition coefficient (Wildman–Crippen LogP) is 5.19. The topological polar surface area (TPSA) is 55.1 Å². The lowest BCUT2D eigenvalue weighted by Crippen LogP contribution is -2.32. The first kappa shape index (κ1) is 17.9. The minimum absolute atomic E-state index is 0.314. The zero-order chi connectivity index (χ0) is 18.1. The van der Waals surface area contributed by atoms with Gasteiger partial charge in [0, 0.05) is 12.5 Å². The second kappa shape index (κ2) is 7.64. The van der Waals surface area contributed by atoms with Crippen molar-refractivity contribution in [3.63, 3.8) is 0 Å². The molecule has 0 atom stereocenters. The number of rotatable bonds is 4. The van der Waals surface area contributed by atoms with E-state index in [0.717, 1.165) is 48.9 Å². The molecule has 0 spiro atoms. The van der Waals surface area contributed by atoms with Crippen LogP contribution in [0.1, 0.15) is 35.9 Å². The van der Waals surface area contributed by atoms with Gasteiger partial charge in [-0.15, -0.1) is 21.5 Å². The molecular weight excluding hydrogens is 391 g/mol. The maximum Gasteiger partial charge on any atom is 0.259 e. The Balaban J connectivity index is 1.37. The van der Waals surface area contributed by atoms with Crippen molar-refractivity contribution >= 4 is 34.5 Å². The van der Waals surface area contributed by atoms with Crippen molar-refractivity contribution in [3.05, 3.63) is 50.9 Å². The Morgan fingerprint density at radius 3 is 2.69 bits per heavy atom. The Morgan fingerprint density at radius 2 is 2.00 bits per heavy atom. The summed E-state index contributed by atoms with van der Waals surface area (Å²) in [5.74, 6) is 1.63. The second-order valence-electron chi connectivity index (χ2n) is 6.51. The highest BCUT2D eigenvalue weighted by molar-refractivity contribution is 7.13. The van der Waals surface area contributed by atoms with E-state index in [1.165, 1.54) is 16.9 Å². The number of likely N-dealkylation sites (tertiary alicyclic amines) is 1. The normalized spacial score (nSPS) is 16.3. The quantitative estimate of drug-likeness (QED) is 0.594. The monoisotopic (exact) mass is 408 g/mol. The van der Waals surface area contributed by atoms with E-state index < -0.39 is 0 Å². The molecule has 1 fully saturated rings. The number of thiazole rings is 1. The van der Waals surface area contributed by atoms with Gasteiger partial charge in [0.15, 0.2) is 0 Å². The Bertz CT molecular complexity index is 902. The molecule has 8 heteroatoms. The van der Waals surface area contributed by atoms with Crippen LogP contribution < -0.4 is 0 Å². The molecule has 1 aliphatic heterocycles. The van der Waals surface area contributed by atoms with E-state index in [4.69, 9.17) is 27.6 Å². The summed E-state index contributed by atoms with van der Waals surface area (Å²) in [6.45, 7) is 4.81. The minimum Gasteiger partial charge on any atom is -0.420 e. The highest BCUT2D eigenvalue weighted by Crippen LogP contribution is 2.32. The van der Waals surface area contributed by atoms with E-state index >= 15 is 0 Å². The molecule has 0 unspecified atom stereocenters.